The molecule has 5 heteroatoms. The van der Waals surface area contributed by atoms with E-state index >= 15 is 0 Å². The summed E-state index contributed by atoms with van der Waals surface area (Å²) in [4.78, 5) is 17.0. The first kappa shape index (κ1) is 10.4. The molecule has 0 radical (unpaired) electrons. The van der Waals surface area contributed by atoms with E-state index in [-0.39, 0.29) is 5.95 Å². The summed E-state index contributed by atoms with van der Waals surface area (Å²) in [6.07, 6.45) is 0.888. The molecule has 0 aliphatic carbocycles. The summed E-state index contributed by atoms with van der Waals surface area (Å²) in [6.45, 7) is 1.92. The second-order valence-corrected chi connectivity index (χ2v) is 3.35. The molecule has 4 nitrogen and oxygen atoms in total. The molecule has 16 heavy (non-hydrogen) atoms. The van der Waals surface area contributed by atoms with Crippen molar-refractivity contribution in [3.05, 3.63) is 52.2 Å². The predicted molar refractivity (Wildman–Crippen MR) is 59.3 cm³/mol. The molecule has 2 rings (SSSR count). The average molecular weight is 219 g/mol. The third kappa shape index (κ3) is 2.08. The van der Waals surface area contributed by atoms with Crippen LogP contribution in [-0.2, 0) is 0 Å². The molecular formula is C11H10FN3O. The molecule has 0 saturated heterocycles. The molecule has 2 N–H and O–H groups in total. The Morgan fingerprint density at radius 2 is 2.12 bits per heavy atom. The smallest absolute Gasteiger partial charge is 0.288 e. The molecule has 0 aliphatic heterocycles. The molecule has 0 spiro atoms. The molecule has 0 atom stereocenters. The van der Waals surface area contributed by atoms with Crippen LogP contribution in [0.2, 0.25) is 0 Å². The minimum absolute atomic E-state index is 0.223. The number of H-pyrrole nitrogens is 1. The first-order valence-electron chi connectivity index (χ1n) is 4.74. The number of halogens is 1. The monoisotopic (exact) mass is 219 g/mol. The number of aromatic nitrogens is 2. The van der Waals surface area contributed by atoms with Crippen molar-refractivity contribution < 1.29 is 4.39 Å². The largest absolute Gasteiger partial charge is 0.325 e. The number of anilines is 2. The van der Waals surface area contributed by atoms with Gasteiger partial charge in [0, 0.05) is 5.69 Å². The molecular weight excluding hydrogens is 209 g/mol. The maximum atomic E-state index is 12.7. The molecule has 0 aliphatic rings. The number of para-hydroxylation sites is 1. The number of rotatable bonds is 2. The minimum Gasteiger partial charge on any atom is -0.325 e. The van der Waals surface area contributed by atoms with E-state index in [4.69, 9.17) is 0 Å². The van der Waals surface area contributed by atoms with Gasteiger partial charge in [0.25, 0.3) is 5.56 Å². The highest BCUT2D eigenvalue weighted by molar-refractivity contribution is 5.57. The Hall–Kier alpha value is -2.17. The highest BCUT2D eigenvalue weighted by Crippen LogP contribution is 2.16. The molecule has 0 unspecified atom stereocenters. The zero-order chi connectivity index (χ0) is 11.5. The van der Waals surface area contributed by atoms with Crippen LogP contribution in [0, 0.1) is 12.7 Å². The van der Waals surface area contributed by atoms with Gasteiger partial charge in [-0.25, -0.2) is 4.98 Å². The Bertz CT molecular complexity index is 565. The van der Waals surface area contributed by atoms with E-state index in [1.165, 1.54) is 0 Å². The van der Waals surface area contributed by atoms with Crippen LogP contribution in [-0.4, -0.2) is 9.97 Å². The molecule has 1 heterocycles. The molecule has 2 aromatic rings. The maximum Gasteiger partial charge on any atom is 0.288 e. The SMILES string of the molecule is Cc1ccccc1Nc1ncc(F)c(=O)[nH]1. The van der Waals surface area contributed by atoms with Crippen molar-refractivity contribution in [2.24, 2.45) is 0 Å². The van der Waals surface area contributed by atoms with Crippen LogP contribution in [0.1, 0.15) is 5.56 Å². The van der Waals surface area contributed by atoms with Gasteiger partial charge in [-0.3, -0.25) is 9.78 Å². The van der Waals surface area contributed by atoms with Gasteiger partial charge in [0.15, 0.2) is 0 Å². The first-order valence-corrected chi connectivity index (χ1v) is 4.74. The minimum atomic E-state index is -0.893. The highest BCUT2D eigenvalue weighted by Gasteiger charge is 2.02. The summed E-state index contributed by atoms with van der Waals surface area (Å²) < 4.78 is 12.7. The van der Waals surface area contributed by atoms with Crippen molar-refractivity contribution >= 4 is 11.6 Å². The average Bonchev–Trinajstić information content (AvgIpc) is 2.27. The molecule has 1 aromatic carbocycles. The molecule has 0 fully saturated rings. The van der Waals surface area contributed by atoms with Gasteiger partial charge in [-0.15, -0.1) is 0 Å². The molecule has 82 valence electrons. The normalized spacial score (nSPS) is 10.1. The third-order valence-electron chi connectivity index (χ3n) is 2.15. The lowest BCUT2D eigenvalue weighted by Gasteiger charge is -2.07. The second-order valence-electron chi connectivity index (χ2n) is 3.35. The van der Waals surface area contributed by atoms with E-state index in [0.717, 1.165) is 17.4 Å². The first-order chi connectivity index (χ1) is 7.66. The topological polar surface area (TPSA) is 57.8 Å². The van der Waals surface area contributed by atoms with Gasteiger partial charge in [-0.2, -0.15) is 4.39 Å². The van der Waals surface area contributed by atoms with Crippen molar-refractivity contribution in [2.75, 3.05) is 5.32 Å². The fraction of sp³-hybridized carbons (Fsp3) is 0.0909. The van der Waals surface area contributed by atoms with Gasteiger partial charge in [0.1, 0.15) is 0 Å². The van der Waals surface area contributed by atoms with Gasteiger partial charge in [-0.1, -0.05) is 18.2 Å². The van der Waals surface area contributed by atoms with Crippen LogP contribution in [0.5, 0.6) is 0 Å². The van der Waals surface area contributed by atoms with Crippen LogP contribution >= 0.6 is 0 Å². The van der Waals surface area contributed by atoms with E-state index in [1.807, 2.05) is 31.2 Å². The lowest BCUT2D eigenvalue weighted by atomic mass is 10.2. The quantitative estimate of drug-likeness (QED) is 0.811. The Morgan fingerprint density at radius 3 is 2.81 bits per heavy atom. The van der Waals surface area contributed by atoms with Gasteiger partial charge >= 0.3 is 0 Å². The van der Waals surface area contributed by atoms with Crippen LogP contribution in [0.15, 0.2) is 35.3 Å². The summed E-state index contributed by atoms with van der Waals surface area (Å²) in [7, 11) is 0. The summed E-state index contributed by atoms with van der Waals surface area (Å²) in [5.74, 6) is -0.670. The summed E-state index contributed by atoms with van der Waals surface area (Å²) in [5, 5.41) is 2.91. The number of aromatic amines is 1. The van der Waals surface area contributed by atoms with E-state index < -0.39 is 11.4 Å². The van der Waals surface area contributed by atoms with E-state index in [9.17, 15) is 9.18 Å². The standard InChI is InChI=1S/C11H10FN3O/c1-7-4-2-3-5-9(7)14-11-13-6-8(12)10(16)15-11/h2-6H,1H3,(H2,13,14,15,16). The Kier molecular flexibility index (Phi) is 2.68. The summed E-state index contributed by atoms with van der Waals surface area (Å²) >= 11 is 0. The van der Waals surface area contributed by atoms with Crippen molar-refractivity contribution in [1.29, 1.82) is 0 Å². The lowest BCUT2D eigenvalue weighted by Crippen LogP contribution is -2.13. The number of benzene rings is 1. The van der Waals surface area contributed by atoms with Crippen molar-refractivity contribution in [1.82, 2.24) is 9.97 Å². The summed E-state index contributed by atoms with van der Waals surface area (Å²) in [5.41, 5.74) is 1.04. The van der Waals surface area contributed by atoms with Gasteiger partial charge < -0.3 is 5.32 Å². The zero-order valence-electron chi connectivity index (χ0n) is 8.62. The highest BCUT2D eigenvalue weighted by atomic mass is 19.1. The van der Waals surface area contributed by atoms with Gasteiger partial charge in [-0.05, 0) is 18.6 Å². The maximum absolute atomic E-state index is 12.7. The Balaban J connectivity index is 2.31. The van der Waals surface area contributed by atoms with E-state index in [1.54, 1.807) is 0 Å². The van der Waals surface area contributed by atoms with E-state index in [0.29, 0.717) is 0 Å². The number of hydrogen-bond donors (Lipinski definition) is 2. The number of hydrogen-bond acceptors (Lipinski definition) is 3. The van der Waals surface area contributed by atoms with Crippen molar-refractivity contribution in [3.63, 3.8) is 0 Å². The number of nitrogens with zero attached hydrogens (tertiary/aromatic N) is 1. The molecule has 0 bridgehead atoms. The van der Waals surface area contributed by atoms with Crippen molar-refractivity contribution in [3.8, 4) is 0 Å². The Morgan fingerprint density at radius 1 is 1.38 bits per heavy atom. The van der Waals surface area contributed by atoms with E-state index in [2.05, 4.69) is 15.3 Å². The predicted octanol–water partition coefficient (Wildman–Crippen LogP) is 1.96. The Labute approximate surface area is 91.2 Å². The lowest BCUT2D eigenvalue weighted by molar-refractivity contribution is 0.601. The molecule has 0 amide bonds. The third-order valence-corrected chi connectivity index (χ3v) is 2.15. The van der Waals surface area contributed by atoms with Gasteiger partial charge in [0.2, 0.25) is 11.8 Å². The molecule has 0 saturated carbocycles. The summed E-state index contributed by atoms with van der Waals surface area (Å²) in [6, 6.07) is 7.53. The van der Waals surface area contributed by atoms with Crippen LogP contribution in [0.4, 0.5) is 16.0 Å². The fourth-order valence-electron chi connectivity index (χ4n) is 1.28. The number of nitrogens with one attached hydrogen (secondary N) is 2. The van der Waals surface area contributed by atoms with Gasteiger partial charge in [0.05, 0.1) is 6.20 Å². The second kappa shape index (κ2) is 4.14. The number of aryl methyl sites for hydroxylation is 1. The zero-order valence-corrected chi connectivity index (χ0v) is 8.62. The van der Waals surface area contributed by atoms with Crippen LogP contribution in [0.3, 0.4) is 0 Å². The van der Waals surface area contributed by atoms with Crippen LogP contribution < -0.4 is 10.9 Å². The fourth-order valence-corrected chi connectivity index (χ4v) is 1.28. The molecule has 1 aromatic heterocycles. The van der Waals surface area contributed by atoms with Crippen molar-refractivity contribution in [2.45, 2.75) is 6.92 Å². The van der Waals surface area contributed by atoms with Crippen LogP contribution in [0.25, 0.3) is 0 Å².